The Morgan fingerprint density at radius 1 is 0.889 bits per heavy atom. The van der Waals surface area contributed by atoms with Crippen LogP contribution in [0.15, 0.2) is 0 Å². The Kier molecular flexibility index (Phi) is 3.51. The van der Waals surface area contributed by atoms with Crippen molar-refractivity contribution in [1.82, 2.24) is 0 Å². The Morgan fingerprint density at radius 2 is 1.22 bits per heavy atom. The van der Waals surface area contributed by atoms with Gasteiger partial charge in [-0.25, -0.2) is 0 Å². The van der Waals surface area contributed by atoms with Crippen LogP contribution in [0.5, 0.6) is 0 Å². The average molecular weight is 257 g/mol. The van der Waals surface area contributed by atoms with Crippen LogP contribution >= 0.6 is 0 Å². The fourth-order valence-corrected chi connectivity index (χ4v) is 2.83. The highest BCUT2D eigenvalue weighted by Gasteiger charge is 2.69. The highest BCUT2D eigenvalue weighted by Crippen LogP contribution is 2.44. The van der Waals surface area contributed by atoms with Crippen LogP contribution in [-0.4, -0.2) is 44.3 Å². The third-order valence-corrected chi connectivity index (χ3v) is 4.10. The van der Waals surface area contributed by atoms with Crippen LogP contribution in [-0.2, 0) is 14.4 Å². The molecule has 0 aromatic rings. The number of nitrogens with two attached hydrogens (primary N) is 1. The Hall–Kier alpha value is -1.11. The van der Waals surface area contributed by atoms with Crippen molar-refractivity contribution in [1.29, 1.82) is 0 Å². The lowest BCUT2D eigenvalue weighted by atomic mass is 9.57. The zero-order valence-electron chi connectivity index (χ0n) is 10.8. The summed E-state index contributed by atoms with van der Waals surface area (Å²) in [6, 6.07) is 0. The van der Waals surface area contributed by atoms with Gasteiger partial charge in [-0.3, -0.25) is 14.4 Å². The predicted molar refractivity (Wildman–Crippen MR) is 62.7 cm³/mol. The van der Waals surface area contributed by atoms with Crippen LogP contribution in [0.4, 0.5) is 0 Å². The van der Waals surface area contributed by atoms with Gasteiger partial charge in [-0.2, -0.15) is 0 Å². The number of Topliss-reactive ketones (excluding diaryl/α,β-unsaturated/α-hetero) is 3. The lowest BCUT2D eigenvalue weighted by molar-refractivity contribution is -0.191. The Labute approximate surface area is 105 Å². The third kappa shape index (κ3) is 1.56. The summed E-state index contributed by atoms with van der Waals surface area (Å²) in [5.74, 6) is -2.23. The van der Waals surface area contributed by atoms with E-state index in [4.69, 9.17) is 5.73 Å². The summed E-state index contributed by atoms with van der Waals surface area (Å²) in [5, 5.41) is 20.8. The van der Waals surface area contributed by atoms with Crippen LogP contribution in [0.1, 0.15) is 40.0 Å². The molecule has 0 spiro atoms. The van der Waals surface area contributed by atoms with Crippen molar-refractivity contribution in [2.75, 3.05) is 0 Å². The molecular weight excluding hydrogens is 238 g/mol. The zero-order chi connectivity index (χ0) is 14.4. The van der Waals surface area contributed by atoms with E-state index in [1.807, 2.05) is 0 Å². The summed E-state index contributed by atoms with van der Waals surface area (Å²) < 4.78 is 0. The highest BCUT2D eigenvalue weighted by molar-refractivity contribution is 6.05. The van der Waals surface area contributed by atoms with Crippen LogP contribution < -0.4 is 5.73 Å². The molecule has 6 nitrogen and oxygen atoms in total. The Bertz CT molecular complexity index is 391. The molecular formula is C12H19NO5. The monoisotopic (exact) mass is 257 g/mol. The van der Waals surface area contributed by atoms with Crippen molar-refractivity contribution in [2.24, 2.45) is 5.73 Å². The lowest BCUT2D eigenvalue weighted by Crippen LogP contribution is -2.82. The molecule has 1 unspecified atom stereocenters. The fraction of sp³-hybridized carbons (Fsp3) is 0.750. The second-order valence-electron chi connectivity index (χ2n) is 5.05. The van der Waals surface area contributed by atoms with Crippen molar-refractivity contribution in [3.05, 3.63) is 0 Å². The summed E-state index contributed by atoms with van der Waals surface area (Å²) in [6.45, 7) is 3.25. The van der Waals surface area contributed by atoms with Gasteiger partial charge in [0.15, 0.2) is 28.6 Å². The average Bonchev–Trinajstić information content (AvgIpc) is 2.24. The topological polar surface area (TPSA) is 118 Å². The van der Waals surface area contributed by atoms with E-state index in [9.17, 15) is 24.6 Å². The summed E-state index contributed by atoms with van der Waals surface area (Å²) >= 11 is 0. The number of carbonyl (C=O) groups is 3. The largest absolute Gasteiger partial charge is 0.380 e. The minimum atomic E-state index is -2.30. The summed E-state index contributed by atoms with van der Waals surface area (Å²) in [7, 11) is 0. The number of aliphatic hydroxyl groups is 2. The number of rotatable bonds is 3. The van der Waals surface area contributed by atoms with Crippen molar-refractivity contribution < 1.29 is 24.6 Å². The lowest BCUT2D eigenvalue weighted by Gasteiger charge is -2.53. The van der Waals surface area contributed by atoms with E-state index < -0.39 is 34.1 Å². The van der Waals surface area contributed by atoms with E-state index in [-0.39, 0.29) is 19.3 Å². The zero-order valence-corrected chi connectivity index (χ0v) is 10.8. The molecule has 0 heterocycles. The standard InChI is InChI=1S/C12H19NO5/c1-7(14)10(17)5-4-6-11(18,8(2)15)12(10,13)9(3)16/h17-18H,4-6,13H2,1-3H3/t10-,11+,12?. The number of ketones is 3. The van der Waals surface area contributed by atoms with Crippen molar-refractivity contribution in [3.8, 4) is 0 Å². The van der Waals surface area contributed by atoms with Crippen LogP contribution in [0, 0.1) is 0 Å². The molecule has 0 amide bonds. The minimum absolute atomic E-state index is 0.0476. The van der Waals surface area contributed by atoms with Gasteiger partial charge < -0.3 is 15.9 Å². The SMILES string of the molecule is CC(=O)C1(N)[C@](O)(C(C)=O)CCC[C@]1(O)C(C)=O. The summed E-state index contributed by atoms with van der Waals surface area (Å²) in [6.07, 6.45) is 0.139. The van der Waals surface area contributed by atoms with Gasteiger partial charge in [0.05, 0.1) is 0 Å². The molecule has 18 heavy (non-hydrogen) atoms. The third-order valence-electron chi connectivity index (χ3n) is 4.10. The number of carbonyl (C=O) groups excluding carboxylic acids is 3. The first-order valence-electron chi connectivity index (χ1n) is 5.81. The van der Waals surface area contributed by atoms with E-state index in [0.717, 1.165) is 20.8 Å². The van der Waals surface area contributed by atoms with Gasteiger partial charge in [-0.15, -0.1) is 0 Å². The molecule has 1 aliphatic carbocycles. The molecule has 0 aliphatic heterocycles. The van der Waals surface area contributed by atoms with Gasteiger partial charge in [0.25, 0.3) is 0 Å². The van der Waals surface area contributed by atoms with Crippen molar-refractivity contribution >= 4 is 17.3 Å². The molecule has 3 atom stereocenters. The van der Waals surface area contributed by atoms with Gasteiger partial charge in [-0.1, -0.05) is 0 Å². The molecule has 4 N–H and O–H groups in total. The molecule has 6 heteroatoms. The fourth-order valence-electron chi connectivity index (χ4n) is 2.83. The first-order chi connectivity index (χ1) is 8.04. The van der Waals surface area contributed by atoms with Gasteiger partial charge in [0, 0.05) is 0 Å². The normalized spacial score (nSPS) is 40.3. The van der Waals surface area contributed by atoms with Crippen LogP contribution in [0.3, 0.4) is 0 Å². The molecule has 0 aromatic carbocycles. The van der Waals surface area contributed by atoms with Crippen LogP contribution in [0.25, 0.3) is 0 Å². The Balaban J connectivity index is 3.55. The van der Waals surface area contributed by atoms with E-state index in [1.165, 1.54) is 0 Å². The minimum Gasteiger partial charge on any atom is -0.380 e. The van der Waals surface area contributed by atoms with Gasteiger partial charge in [0.1, 0.15) is 5.54 Å². The van der Waals surface area contributed by atoms with E-state index in [1.54, 1.807) is 0 Å². The second-order valence-corrected chi connectivity index (χ2v) is 5.05. The second kappa shape index (κ2) is 4.22. The smallest absolute Gasteiger partial charge is 0.163 e. The van der Waals surface area contributed by atoms with E-state index in [2.05, 4.69) is 0 Å². The number of hydrogen-bond donors (Lipinski definition) is 3. The molecule has 1 rings (SSSR count). The molecule has 0 aromatic heterocycles. The molecule has 0 radical (unpaired) electrons. The molecule has 1 fully saturated rings. The molecule has 1 aliphatic rings. The first kappa shape index (κ1) is 14.9. The quantitative estimate of drug-likeness (QED) is 0.603. The van der Waals surface area contributed by atoms with Gasteiger partial charge in [-0.05, 0) is 40.0 Å². The van der Waals surface area contributed by atoms with E-state index >= 15 is 0 Å². The Morgan fingerprint density at radius 3 is 1.44 bits per heavy atom. The number of hydrogen-bond acceptors (Lipinski definition) is 6. The molecule has 102 valence electrons. The molecule has 0 saturated heterocycles. The van der Waals surface area contributed by atoms with Gasteiger partial charge >= 0.3 is 0 Å². The summed E-state index contributed by atoms with van der Waals surface area (Å²) in [4.78, 5) is 35.1. The van der Waals surface area contributed by atoms with Crippen molar-refractivity contribution in [2.45, 2.75) is 56.8 Å². The molecule has 0 bridgehead atoms. The maximum Gasteiger partial charge on any atom is 0.163 e. The highest BCUT2D eigenvalue weighted by atomic mass is 16.3. The van der Waals surface area contributed by atoms with Gasteiger partial charge in [0.2, 0.25) is 0 Å². The maximum atomic E-state index is 11.8. The van der Waals surface area contributed by atoms with E-state index in [0.29, 0.717) is 0 Å². The van der Waals surface area contributed by atoms with Crippen molar-refractivity contribution in [3.63, 3.8) is 0 Å². The first-order valence-corrected chi connectivity index (χ1v) is 5.81. The maximum absolute atomic E-state index is 11.8. The summed E-state index contributed by atoms with van der Waals surface area (Å²) in [5.41, 5.74) is -0.848. The van der Waals surface area contributed by atoms with Crippen LogP contribution in [0.2, 0.25) is 0 Å². The molecule has 1 saturated carbocycles. The predicted octanol–water partition coefficient (Wildman–Crippen LogP) is -0.903.